The Morgan fingerprint density at radius 1 is 1.27 bits per heavy atom. The van der Waals surface area contributed by atoms with Crippen molar-refractivity contribution < 1.29 is 13.2 Å². The van der Waals surface area contributed by atoms with Crippen LogP contribution in [-0.2, 0) is 6.18 Å². The second-order valence-corrected chi connectivity index (χ2v) is 3.38. The van der Waals surface area contributed by atoms with Gasteiger partial charge in [-0.3, -0.25) is 0 Å². The van der Waals surface area contributed by atoms with Crippen molar-refractivity contribution in [3.8, 4) is 6.07 Å². The maximum atomic E-state index is 12.2. The fraction of sp³-hybridized carbons (Fsp3) is 0.364. The fourth-order valence-corrected chi connectivity index (χ4v) is 1.26. The Bertz CT molecular complexity index is 359. The summed E-state index contributed by atoms with van der Waals surface area (Å²) in [5.74, 6) is -0.0303. The Morgan fingerprint density at radius 2 is 1.80 bits per heavy atom. The molecule has 0 spiro atoms. The SMILES string of the molecule is C[C@@H](CC#N)c1ccc(C(F)(F)F)cc1. The van der Waals surface area contributed by atoms with Crippen LogP contribution in [0.3, 0.4) is 0 Å². The topological polar surface area (TPSA) is 23.8 Å². The Hall–Kier alpha value is -1.50. The third-order valence-electron chi connectivity index (χ3n) is 2.20. The second kappa shape index (κ2) is 4.35. The molecule has 0 fully saturated rings. The Kier molecular flexibility index (Phi) is 3.35. The van der Waals surface area contributed by atoms with Crippen molar-refractivity contribution in [1.82, 2.24) is 0 Å². The first-order valence-electron chi connectivity index (χ1n) is 4.49. The Labute approximate surface area is 86.1 Å². The van der Waals surface area contributed by atoms with Crippen molar-refractivity contribution in [2.75, 3.05) is 0 Å². The van der Waals surface area contributed by atoms with Crippen molar-refractivity contribution in [1.29, 1.82) is 5.26 Å². The standard InChI is InChI=1S/C11H10F3N/c1-8(6-7-15)9-2-4-10(5-3-9)11(12,13)14/h2-5,8H,6H2,1H3/t8-/m0/s1. The van der Waals surface area contributed by atoms with Crippen molar-refractivity contribution in [3.05, 3.63) is 35.4 Å². The van der Waals surface area contributed by atoms with E-state index in [2.05, 4.69) is 0 Å². The molecule has 0 N–H and O–H groups in total. The van der Waals surface area contributed by atoms with Crippen LogP contribution in [0.15, 0.2) is 24.3 Å². The highest BCUT2D eigenvalue weighted by molar-refractivity contribution is 5.27. The molecule has 0 radical (unpaired) electrons. The molecule has 1 rings (SSSR count). The van der Waals surface area contributed by atoms with Crippen molar-refractivity contribution in [2.45, 2.75) is 25.4 Å². The Morgan fingerprint density at radius 3 is 2.20 bits per heavy atom. The third-order valence-corrected chi connectivity index (χ3v) is 2.20. The minimum Gasteiger partial charge on any atom is -0.198 e. The Balaban J connectivity index is 2.87. The van der Waals surface area contributed by atoms with Gasteiger partial charge in [0.15, 0.2) is 0 Å². The molecule has 80 valence electrons. The molecule has 0 aliphatic rings. The van der Waals surface area contributed by atoms with Crippen molar-refractivity contribution >= 4 is 0 Å². The molecule has 0 aromatic heterocycles. The van der Waals surface area contributed by atoms with Gasteiger partial charge in [0.25, 0.3) is 0 Å². The van der Waals surface area contributed by atoms with Crippen LogP contribution < -0.4 is 0 Å². The largest absolute Gasteiger partial charge is 0.416 e. The monoisotopic (exact) mass is 213 g/mol. The number of rotatable bonds is 2. The normalized spacial score (nSPS) is 13.3. The van der Waals surface area contributed by atoms with Gasteiger partial charge in [-0.05, 0) is 23.6 Å². The molecule has 0 bridgehead atoms. The molecule has 0 unspecified atom stereocenters. The minimum atomic E-state index is -4.29. The van der Waals surface area contributed by atoms with Crippen LogP contribution in [0.5, 0.6) is 0 Å². The van der Waals surface area contributed by atoms with Gasteiger partial charge in [-0.2, -0.15) is 18.4 Å². The highest BCUT2D eigenvalue weighted by atomic mass is 19.4. The first kappa shape index (κ1) is 11.6. The molecular weight excluding hydrogens is 203 g/mol. The van der Waals surface area contributed by atoms with Gasteiger partial charge in [0.2, 0.25) is 0 Å². The lowest BCUT2D eigenvalue weighted by molar-refractivity contribution is -0.137. The molecule has 4 heteroatoms. The average Bonchev–Trinajstić information content (AvgIpc) is 2.17. The van der Waals surface area contributed by atoms with Gasteiger partial charge >= 0.3 is 6.18 Å². The number of nitrogens with zero attached hydrogens (tertiary/aromatic N) is 1. The summed E-state index contributed by atoms with van der Waals surface area (Å²) in [6.45, 7) is 1.81. The summed E-state index contributed by atoms with van der Waals surface area (Å²) >= 11 is 0. The molecule has 1 atom stereocenters. The van der Waals surface area contributed by atoms with Crippen LogP contribution in [0.2, 0.25) is 0 Å². The van der Waals surface area contributed by atoms with Crippen molar-refractivity contribution in [2.24, 2.45) is 0 Å². The smallest absolute Gasteiger partial charge is 0.198 e. The zero-order valence-electron chi connectivity index (χ0n) is 8.17. The number of halogens is 3. The predicted molar refractivity (Wildman–Crippen MR) is 50.1 cm³/mol. The van der Waals surface area contributed by atoms with E-state index in [1.165, 1.54) is 12.1 Å². The van der Waals surface area contributed by atoms with E-state index in [0.717, 1.165) is 17.7 Å². The lowest BCUT2D eigenvalue weighted by Crippen LogP contribution is -2.04. The molecular formula is C11H10F3N. The zero-order valence-corrected chi connectivity index (χ0v) is 8.17. The summed E-state index contributed by atoms with van der Waals surface area (Å²) in [5.41, 5.74) is 0.0972. The van der Waals surface area contributed by atoms with E-state index >= 15 is 0 Å². The van der Waals surface area contributed by atoms with Gasteiger partial charge in [-0.1, -0.05) is 19.1 Å². The van der Waals surface area contributed by atoms with Crippen LogP contribution in [0.25, 0.3) is 0 Å². The number of benzene rings is 1. The fourth-order valence-electron chi connectivity index (χ4n) is 1.26. The van der Waals surface area contributed by atoms with E-state index in [1.54, 1.807) is 0 Å². The van der Waals surface area contributed by atoms with Crippen LogP contribution in [-0.4, -0.2) is 0 Å². The first-order valence-corrected chi connectivity index (χ1v) is 4.49. The molecule has 0 amide bonds. The molecule has 15 heavy (non-hydrogen) atoms. The van der Waals surface area contributed by atoms with Crippen LogP contribution in [0.4, 0.5) is 13.2 Å². The summed E-state index contributed by atoms with van der Waals surface area (Å²) in [7, 11) is 0. The highest BCUT2D eigenvalue weighted by Crippen LogP contribution is 2.30. The lowest BCUT2D eigenvalue weighted by atomic mass is 9.97. The number of hydrogen-bond donors (Lipinski definition) is 0. The minimum absolute atomic E-state index is 0.0303. The van der Waals surface area contributed by atoms with E-state index in [-0.39, 0.29) is 5.92 Å². The summed E-state index contributed by atoms with van der Waals surface area (Å²) in [4.78, 5) is 0. The van der Waals surface area contributed by atoms with Crippen molar-refractivity contribution in [3.63, 3.8) is 0 Å². The van der Waals surface area contributed by atoms with Crippen LogP contribution >= 0.6 is 0 Å². The summed E-state index contributed by atoms with van der Waals surface area (Å²) in [6.07, 6.45) is -3.98. The van der Waals surface area contributed by atoms with E-state index in [9.17, 15) is 13.2 Å². The van der Waals surface area contributed by atoms with E-state index < -0.39 is 11.7 Å². The van der Waals surface area contributed by atoms with Crippen LogP contribution in [0, 0.1) is 11.3 Å². The molecule has 0 heterocycles. The predicted octanol–water partition coefficient (Wildman–Crippen LogP) is 3.72. The number of nitriles is 1. The van der Waals surface area contributed by atoms with Gasteiger partial charge in [-0.15, -0.1) is 0 Å². The zero-order chi connectivity index (χ0) is 11.5. The lowest BCUT2D eigenvalue weighted by Gasteiger charge is -2.10. The van der Waals surface area contributed by atoms with Gasteiger partial charge in [0.05, 0.1) is 11.6 Å². The van der Waals surface area contributed by atoms with Gasteiger partial charge < -0.3 is 0 Å². The maximum absolute atomic E-state index is 12.2. The summed E-state index contributed by atoms with van der Waals surface area (Å²) < 4.78 is 36.6. The number of hydrogen-bond acceptors (Lipinski definition) is 1. The molecule has 0 aliphatic carbocycles. The van der Waals surface area contributed by atoms with Gasteiger partial charge in [-0.25, -0.2) is 0 Å². The quantitative estimate of drug-likeness (QED) is 0.734. The first-order chi connectivity index (χ1) is 6.95. The van der Waals surface area contributed by atoms with Gasteiger partial charge in [0.1, 0.15) is 0 Å². The molecule has 0 saturated heterocycles. The second-order valence-electron chi connectivity index (χ2n) is 3.38. The van der Waals surface area contributed by atoms with E-state index in [0.29, 0.717) is 6.42 Å². The molecule has 1 aromatic carbocycles. The van der Waals surface area contributed by atoms with Gasteiger partial charge in [0, 0.05) is 6.42 Å². The molecule has 0 aliphatic heterocycles. The molecule has 0 saturated carbocycles. The molecule has 1 aromatic rings. The number of alkyl halides is 3. The summed E-state index contributed by atoms with van der Waals surface area (Å²) in [6, 6.07) is 6.92. The van der Waals surface area contributed by atoms with Crippen LogP contribution in [0.1, 0.15) is 30.4 Å². The van der Waals surface area contributed by atoms with E-state index in [4.69, 9.17) is 5.26 Å². The third kappa shape index (κ3) is 2.98. The maximum Gasteiger partial charge on any atom is 0.416 e. The van der Waals surface area contributed by atoms with E-state index in [1.807, 2.05) is 13.0 Å². The average molecular weight is 213 g/mol. The highest BCUT2D eigenvalue weighted by Gasteiger charge is 2.30. The summed E-state index contributed by atoms with van der Waals surface area (Å²) in [5, 5.41) is 8.45. The molecule has 1 nitrogen and oxygen atoms in total.